The van der Waals surface area contributed by atoms with Gasteiger partial charge in [0.25, 0.3) is 5.69 Å². The van der Waals surface area contributed by atoms with Gasteiger partial charge in [-0.15, -0.1) is 0 Å². The molecule has 0 aromatic heterocycles. The van der Waals surface area contributed by atoms with E-state index in [1.54, 1.807) is 0 Å². The molecule has 1 aromatic rings. The number of likely N-dealkylation sites (N-methyl/N-ethyl adjacent to an activating group) is 1. The number of nitrogens with one attached hydrogen (secondary N) is 3. The van der Waals surface area contributed by atoms with Crippen molar-refractivity contribution < 1.29 is 14.9 Å². The van der Waals surface area contributed by atoms with Crippen molar-refractivity contribution in [3.8, 4) is 5.75 Å². The van der Waals surface area contributed by atoms with Crippen LogP contribution in [0.1, 0.15) is 0 Å². The number of non-ortho nitro benzene ring substituents is 1. The number of nitro benzene ring substituents is 1. The lowest BCUT2D eigenvalue weighted by molar-refractivity contribution is -0.856. The van der Waals surface area contributed by atoms with Crippen LogP contribution in [0.15, 0.2) is 18.2 Å². The molecule has 3 N–H and O–H groups in total. The van der Waals surface area contributed by atoms with E-state index in [0.29, 0.717) is 6.54 Å². The van der Waals surface area contributed by atoms with Crippen LogP contribution in [0.4, 0.5) is 11.4 Å². The van der Waals surface area contributed by atoms with Gasteiger partial charge in [-0.2, -0.15) is 0 Å². The molecule has 104 valence electrons. The smallest absolute Gasteiger partial charge is 0.271 e. The molecule has 0 saturated carbocycles. The molecule has 0 saturated heterocycles. The third-order valence-electron chi connectivity index (χ3n) is 2.33. The zero-order valence-corrected chi connectivity index (χ0v) is 11.5. The highest BCUT2D eigenvalue weighted by atomic mass is 32.1. The molecule has 0 spiro atoms. The molecule has 0 atom stereocenters. The maximum absolute atomic E-state index is 11.5. The zero-order valence-electron chi connectivity index (χ0n) is 10.7. The first-order valence-electron chi connectivity index (χ1n) is 5.69. The van der Waals surface area contributed by atoms with E-state index in [2.05, 4.69) is 10.6 Å². The Bertz CT molecular complexity index is 479. The minimum absolute atomic E-state index is 0.101. The molecular formula is C11H16N4O3S. The van der Waals surface area contributed by atoms with Crippen molar-refractivity contribution >= 4 is 28.7 Å². The standard InChI is InChI=1S/C11H16N4O3S/c1-14(2)6-5-12-11(19)13-9-7-8(15(17)18)3-4-10(9)16/h3-4,7,16H,5-6H2,1-2H3,(H2,12,13,19). The molecule has 1 aromatic carbocycles. The molecule has 0 radical (unpaired) electrons. The second-order valence-corrected chi connectivity index (χ2v) is 4.68. The highest BCUT2D eigenvalue weighted by molar-refractivity contribution is 7.80. The summed E-state index contributed by atoms with van der Waals surface area (Å²) < 4.78 is 0. The Hall–Kier alpha value is -1.93. The summed E-state index contributed by atoms with van der Waals surface area (Å²) in [6.07, 6.45) is 0. The summed E-state index contributed by atoms with van der Waals surface area (Å²) in [5, 5.41) is 28.0. The summed E-state index contributed by atoms with van der Waals surface area (Å²) in [6, 6.07) is 3.49. The molecule has 0 amide bonds. The average Bonchev–Trinajstić information content (AvgIpc) is 2.31. The van der Waals surface area contributed by atoms with Crippen molar-refractivity contribution in [1.29, 1.82) is 0 Å². The number of rotatable bonds is 5. The molecule has 0 unspecified atom stereocenters. The lowest BCUT2D eigenvalue weighted by Crippen LogP contribution is -3.06. The number of nitrogens with zero attached hydrogens (tertiary/aromatic N) is 1. The van der Waals surface area contributed by atoms with Gasteiger partial charge in [0.2, 0.25) is 0 Å². The topological polar surface area (TPSA) is 94.7 Å². The van der Waals surface area contributed by atoms with Crippen molar-refractivity contribution in [2.45, 2.75) is 0 Å². The molecule has 0 heterocycles. The molecule has 0 aliphatic heterocycles. The van der Waals surface area contributed by atoms with Crippen LogP contribution in [0.5, 0.6) is 5.75 Å². The minimum atomic E-state index is -0.559. The van der Waals surface area contributed by atoms with Crippen molar-refractivity contribution in [2.75, 3.05) is 32.5 Å². The third-order valence-corrected chi connectivity index (χ3v) is 2.58. The molecule has 0 aliphatic rings. The third kappa shape index (κ3) is 5.06. The van der Waals surface area contributed by atoms with Gasteiger partial charge in [0, 0.05) is 17.8 Å². The summed E-state index contributed by atoms with van der Waals surface area (Å²) in [7, 11) is 4.02. The van der Waals surface area contributed by atoms with E-state index >= 15 is 0 Å². The summed E-state index contributed by atoms with van der Waals surface area (Å²) in [5.41, 5.74) is -0.0495. The highest BCUT2D eigenvalue weighted by Crippen LogP contribution is 2.25. The maximum Gasteiger partial charge on any atom is 0.271 e. The van der Waals surface area contributed by atoms with Gasteiger partial charge in [-0.1, -0.05) is 11.8 Å². The fourth-order valence-electron chi connectivity index (χ4n) is 1.32. The van der Waals surface area contributed by atoms with Gasteiger partial charge < -0.3 is 20.6 Å². The monoisotopic (exact) mass is 284 g/mol. The van der Waals surface area contributed by atoms with E-state index in [0.717, 1.165) is 12.6 Å². The predicted octanol–water partition coefficient (Wildman–Crippen LogP) is -0.901. The van der Waals surface area contributed by atoms with Gasteiger partial charge >= 0.3 is 0 Å². The van der Waals surface area contributed by atoms with E-state index < -0.39 is 4.92 Å². The molecule has 0 bridgehead atoms. The molecule has 8 heteroatoms. The lowest BCUT2D eigenvalue weighted by Gasteiger charge is -2.16. The highest BCUT2D eigenvalue weighted by Gasteiger charge is 2.07. The Labute approximate surface area is 116 Å². The van der Waals surface area contributed by atoms with Crippen LogP contribution in [0.3, 0.4) is 0 Å². The molecule has 0 aliphatic carbocycles. The second-order valence-electron chi connectivity index (χ2n) is 4.28. The van der Waals surface area contributed by atoms with Gasteiger partial charge in [-0.05, 0) is 12.2 Å². The number of hydrogen-bond donors (Lipinski definition) is 3. The Morgan fingerprint density at radius 2 is 2.16 bits per heavy atom. The Morgan fingerprint density at radius 1 is 1.47 bits per heavy atom. The summed E-state index contributed by atoms with van der Waals surface area (Å²) in [5.74, 6) is -0.340. The van der Waals surface area contributed by atoms with Gasteiger partial charge in [0.1, 0.15) is 0 Å². The Morgan fingerprint density at radius 3 is 2.74 bits per heavy atom. The van der Waals surface area contributed by atoms with Crippen molar-refractivity contribution in [2.24, 2.45) is 0 Å². The first-order valence-corrected chi connectivity index (χ1v) is 6.10. The normalized spacial score (nSPS) is 10.3. The average molecular weight is 284 g/mol. The summed E-state index contributed by atoms with van der Waals surface area (Å²) >= 11 is 5.02. The number of anilines is 1. The molecular weight excluding hydrogens is 268 g/mol. The van der Waals surface area contributed by atoms with E-state index in [-0.39, 0.29) is 22.2 Å². The van der Waals surface area contributed by atoms with Gasteiger partial charge in [0.15, 0.2) is 5.11 Å². The fourth-order valence-corrected chi connectivity index (χ4v) is 1.53. The SMILES string of the molecule is C[NH+](C)CCNC(=S)Nc1cc([N+](=O)[O-])ccc1[O-]. The minimum Gasteiger partial charge on any atom is -0.871 e. The van der Waals surface area contributed by atoms with Crippen LogP contribution < -0.4 is 20.6 Å². The Kier molecular flexibility index (Phi) is 5.46. The van der Waals surface area contributed by atoms with Crippen LogP contribution in [-0.4, -0.2) is 37.2 Å². The molecule has 19 heavy (non-hydrogen) atoms. The van der Waals surface area contributed by atoms with E-state index in [1.807, 2.05) is 14.1 Å². The summed E-state index contributed by atoms with van der Waals surface area (Å²) in [4.78, 5) is 11.3. The van der Waals surface area contributed by atoms with Crippen LogP contribution in [0, 0.1) is 10.1 Å². The molecule has 7 nitrogen and oxygen atoms in total. The largest absolute Gasteiger partial charge is 0.871 e. The van der Waals surface area contributed by atoms with Crippen molar-refractivity contribution in [1.82, 2.24) is 5.32 Å². The van der Waals surface area contributed by atoms with Crippen molar-refractivity contribution in [3.63, 3.8) is 0 Å². The number of benzene rings is 1. The predicted molar refractivity (Wildman–Crippen MR) is 74.4 cm³/mol. The van der Waals surface area contributed by atoms with Crippen LogP contribution in [-0.2, 0) is 0 Å². The molecule has 1 rings (SSSR count). The number of nitro groups is 1. The maximum atomic E-state index is 11.5. The quantitative estimate of drug-likeness (QED) is 0.368. The van der Waals surface area contributed by atoms with Crippen LogP contribution in [0.2, 0.25) is 0 Å². The van der Waals surface area contributed by atoms with E-state index in [1.165, 1.54) is 17.0 Å². The van der Waals surface area contributed by atoms with Gasteiger partial charge in [-0.3, -0.25) is 10.1 Å². The first-order chi connectivity index (χ1) is 8.90. The lowest BCUT2D eigenvalue weighted by atomic mass is 10.2. The van der Waals surface area contributed by atoms with E-state index in [4.69, 9.17) is 12.2 Å². The van der Waals surface area contributed by atoms with Crippen molar-refractivity contribution in [3.05, 3.63) is 28.3 Å². The van der Waals surface area contributed by atoms with Gasteiger partial charge in [-0.25, -0.2) is 0 Å². The number of quaternary nitrogens is 1. The second kappa shape index (κ2) is 6.86. The summed E-state index contributed by atoms with van der Waals surface area (Å²) in [6.45, 7) is 1.51. The van der Waals surface area contributed by atoms with Crippen LogP contribution >= 0.6 is 12.2 Å². The first kappa shape index (κ1) is 15.1. The number of thiocarbonyl (C=S) groups is 1. The van der Waals surface area contributed by atoms with Gasteiger partial charge in [0.05, 0.1) is 32.1 Å². The van der Waals surface area contributed by atoms with E-state index in [9.17, 15) is 15.2 Å². The number of hydrogen-bond acceptors (Lipinski definition) is 4. The zero-order chi connectivity index (χ0) is 14.4. The molecule has 0 fully saturated rings. The van der Waals surface area contributed by atoms with Crippen LogP contribution in [0.25, 0.3) is 0 Å². The fraction of sp³-hybridized carbons (Fsp3) is 0.364. The Balaban J connectivity index is 2.63.